The molecule has 5 rings (SSSR count). The Labute approximate surface area is 244 Å². The van der Waals surface area contributed by atoms with Crippen molar-refractivity contribution >= 4 is 28.9 Å². The zero-order valence-corrected chi connectivity index (χ0v) is 24.0. The number of hydrogen-bond acceptors (Lipinski definition) is 8. The molecule has 2 amide bonds. The number of carbonyl (C=O) groups is 3. The number of rotatable bonds is 10. The fraction of sp³-hybridized carbons (Fsp3) is 0.375. The number of hydrogen-bond donors (Lipinski definition) is 1. The van der Waals surface area contributed by atoms with Crippen LogP contribution in [0.1, 0.15) is 26.7 Å². The lowest BCUT2D eigenvalue weighted by atomic mass is 10.1. The molecule has 10 nitrogen and oxygen atoms in total. The lowest BCUT2D eigenvalue weighted by Gasteiger charge is -2.25. The van der Waals surface area contributed by atoms with Gasteiger partial charge in [0.15, 0.2) is 0 Å². The monoisotopic (exact) mass is 573 g/mol. The quantitative estimate of drug-likeness (QED) is 0.278. The minimum absolute atomic E-state index is 0.120. The average Bonchev–Trinajstić information content (AvgIpc) is 3.56. The molecule has 2 aromatic carbocycles. The molecule has 1 aliphatic heterocycles. The first kappa shape index (κ1) is 28.9. The van der Waals surface area contributed by atoms with Crippen LogP contribution in [0.15, 0.2) is 67.3 Å². The first-order valence-corrected chi connectivity index (χ1v) is 14.1. The number of amides is 2. The predicted octanol–water partition coefficient (Wildman–Crippen LogP) is 4.51. The molecule has 3 aromatic rings. The van der Waals surface area contributed by atoms with Crippen LogP contribution in [0.4, 0.5) is 4.79 Å². The summed E-state index contributed by atoms with van der Waals surface area (Å²) in [5.74, 6) is -0.00903. The Balaban J connectivity index is 1.44. The topological polar surface area (TPSA) is 116 Å². The summed E-state index contributed by atoms with van der Waals surface area (Å²) in [6, 6.07) is 16.2. The van der Waals surface area contributed by atoms with Gasteiger partial charge in [-0.15, -0.1) is 6.58 Å². The second kappa shape index (κ2) is 12.1. The van der Waals surface area contributed by atoms with Crippen molar-refractivity contribution in [2.75, 3.05) is 26.9 Å². The molecule has 1 saturated carbocycles. The standard InChI is InChI=1S/C32H35N3O7/c1-5-21-18-32(21,30(37)40-6-2)34-29(36)27-16-23(19-35(27)31(38)41-7-3)42-28-17-25(20-11-9-8-10-12-20)33-26-15-22(39-4)13-14-24(26)28/h5,8-15,17,21,23,27H,1,6-7,16,18-19H2,2-4H3,(H,34,36). The van der Waals surface area contributed by atoms with Gasteiger partial charge in [0.25, 0.3) is 0 Å². The van der Waals surface area contributed by atoms with Crippen LogP contribution in [0, 0.1) is 5.92 Å². The number of likely N-dealkylation sites (tertiary alicyclic amines) is 1. The third kappa shape index (κ3) is 5.61. The summed E-state index contributed by atoms with van der Waals surface area (Å²) in [6.45, 7) is 7.65. The summed E-state index contributed by atoms with van der Waals surface area (Å²) < 4.78 is 22.4. The van der Waals surface area contributed by atoms with E-state index in [1.807, 2.05) is 54.6 Å². The lowest BCUT2D eigenvalue weighted by molar-refractivity contribution is -0.149. The lowest BCUT2D eigenvalue weighted by Crippen LogP contribution is -2.53. The van der Waals surface area contributed by atoms with Crippen LogP contribution in [0.3, 0.4) is 0 Å². The number of aromatic nitrogens is 1. The van der Waals surface area contributed by atoms with E-state index in [0.29, 0.717) is 29.1 Å². The van der Waals surface area contributed by atoms with Crippen molar-refractivity contribution in [3.8, 4) is 22.8 Å². The molecule has 42 heavy (non-hydrogen) atoms. The van der Waals surface area contributed by atoms with Gasteiger partial charge in [-0.05, 0) is 32.4 Å². The van der Waals surface area contributed by atoms with Gasteiger partial charge in [0.2, 0.25) is 5.91 Å². The molecule has 0 radical (unpaired) electrons. The van der Waals surface area contributed by atoms with Crippen molar-refractivity contribution < 1.29 is 33.3 Å². The molecular weight excluding hydrogens is 538 g/mol. The van der Waals surface area contributed by atoms with Gasteiger partial charge in [0.1, 0.15) is 29.2 Å². The summed E-state index contributed by atoms with van der Waals surface area (Å²) in [4.78, 5) is 45.5. The number of esters is 1. The summed E-state index contributed by atoms with van der Waals surface area (Å²) in [5, 5.41) is 3.63. The predicted molar refractivity (Wildman–Crippen MR) is 156 cm³/mol. The van der Waals surface area contributed by atoms with E-state index < -0.39 is 35.7 Å². The minimum atomic E-state index is -1.18. The SMILES string of the molecule is C=CC1CC1(NC(=O)C1CC(Oc2cc(-c3ccccc3)nc3cc(OC)ccc23)CN1C(=O)OCC)C(=O)OCC. The maximum Gasteiger partial charge on any atom is 0.410 e. The Kier molecular flexibility index (Phi) is 8.33. The van der Waals surface area contributed by atoms with Crippen molar-refractivity contribution in [1.82, 2.24) is 15.2 Å². The molecule has 4 unspecified atom stereocenters. The van der Waals surface area contributed by atoms with E-state index in [0.717, 1.165) is 10.9 Å². The zero-order chi connectivity index (χ0) is 29.9. The van der Waals surface area contributed by atoms with Gasteiger partial charge in [0, 0.05) is 35.4 Å². The fourth-order valence-corrected chi connectivity index (χ4v) is 5.44. The van der Waals surface area contributed by atoms with Crippen molar-refractivity contribution in [2.24, 2.45) is 5.92 Å². The normalized spacial score (nSPS) is 22.7. The third-order valence-electron chi connectivity index (χ3n) is 7.70. The Bertz CT molecular complexity index is 1490. The molecule has 2 fully saturated rings. The molecule has 2 aliphatic rings. The minimum Gasteiger partial charge on any atom is -0.497 e. The number of methoxy groups -OCH3 is 1. The second-order valence-electron chi connectivity index (χ2n) is 10.3. The van der Waals surface area contributed by atoms with E-state index in [-0.39, 0.29) is 32.1 Å². The number of carbonyl (C=O) groups excluding carboxylic acids is 3. The van der Waals surface area contributed by atoms with E-state index in [4.69, 9.17) is 23.9 Å². The number of nitrogens with one attached hydrogen (secondary N) is 1. The van der Waals surface area contributed by atoms with Crippen LogP contribution in [-0.2, 0) is 19.1 Å². The number of pyridine rings is 1. The second-order valence-corrected chi connectivity index (χ2v) is 10.3. The molecule has 220 valence electrons. The first-order chi connectivity index (χ1) is 20.3. The van der Waals surface area contributed by atoms with E-state index in [1.54, 1.807) is 27.0 Å². The highest BCUT2D eigenvalue weighted by Gasteiger charge is 2.62. The van der Waals surface area contributed by atoms with Crippen molar-refractivity contribution in [2.45, 2.75) is 44.4 Å². The molecule has 1 aliphatic carbocycles. The summed E-state index contributed by atoms with van der Waals surface area (Å²) in [7, 11) is 1.60. The molecule has 1 N–H and O–H groups in total. The van der Waals surface area contributed by atoms with Crippen molar-refractivity contribution in [3.63, 3.8) is 0 Å². The molecular formula is C32H35N3O7. The maximum atomic E-state index is 13.6. The van der Waals surface area contributed by atoms with Crippen LogP contribution in [0.5, 0.6) is 11.5 Å². The molecule has 10 heteroatoms. The summed E-state index contributed by atoms with van der Waals surface area (Å²) in [6.07, 6.45) is 1.06. The number of nitrogens with zero attached hydrogens (tertiary/aromatic N) is 2. The van der Waals surface area contributed by atoms with Gasteiger partial charge < -0.3 is 24.3 Å². The van der Waals surface area contributed by atoms with Crippen LogP contribution in [0.25, 0.3) is 22.2 Å². The highest BCUT2D eigenvalue weighted by atomic mass is 16.6. The van der Waals surface area contributed by atoms with Gasteiger partial charge in [-0.1, -0.05) is 36.4 Å². The van der Waals surface area contributed by atoms with E-state index in [2.05, 4.69) is 11.9 Å². The van der Waals surface area contributed by atoms with Crippen molar-refractivity contribution in [3.05, 3.63) is 67.3 Å². The Morgan fingerprint density at radius 2 is 1.86 bits per heavy atom. The largest absolute Gasteiger partial charge is 0.497 e. The Morgan fingerprint density at radius 1 is 1.10 bits per heavy atom. The smallest absolute Gasteiger partial charge is 0.410 e. The number of benzene rings is 2. The molecule has 4 atom stereocenters. The molecule has 2 heterocycles. The first-order valence-electron chi connectivity index (χ1n) is 14.1. The van der Waals surface area contributed by atoms with E-state index in [1.165, 1.54) is 4.90 Å². The fourth-order valence-electron chi connectivity index (χ4n) is 5.44. The molecule has 1 aromatic heterocycles. The van der Waals surface area contributed by atoms with Crippen molar-refractivity contribution in [1.29, 1.82) is 0 Å². The summed E-state index contributed by atoms with van der Waals surface area (Å²) >= 11 is 0. The number of ether oxygens (including phenoxy) is 4. The van der Waals surface area contributed by atoms with E-state index in [9.17, 15) is 14.4 Å². The zero-order valence-electron chi connectivity index (χ0n) is 24.0. The molecule has 0 bridgehead atoms. The molecule has 1 saturated heterocycles. The van der Waals surface area contributed by atoms with Crippen LogP contribution in [0.2, 0.25) is 0 Å². The highest BCUT2D eigenvalue weighted by Crippen LogP contribution is 2.46. The average molecular weight is 574 g/mol. The maximum absolute atomic E-state index is 13.6. The van der Waals surface area contributed by atoms with Gasteiger partial charge in [-0.25, -0.2) is 14.6 Å². The van der Waals surface area contributed by atoms with Gasteiger partial charge >= 0.3 is 12.1 Å². The van der Waals surface area contributed by atoms with Crippen LogP contribution in [-0.4, -0.2) is 72.4 Å². The Hall–Kier alpha value is -4.60. The van der Waals surface area contributed by atoms with Crippen LogP contribution >= 0.6 is 0 Å². The van der Waals surface area contributed by atoms with Gasteiger partial charge in [0.05, 0.1) is 38.1 Å². The Morgan fingerprint density at radius 3 is 2.52 bits per heavy atom. The third-order valence-corrected chi connectivity index (χ3v) is 7.70. The summed E-state index contributed by atoms with van der Waals surface area (Å²) in [5.41, 5.74) is 1.12. The van der Waals surface area contributed by atoms with Crippen LogP contribution < -0.4 is 14.8 Å². The number of fused-ring (bicyclic) bond motifs is 1. The van der Waals surface area contributed by atoms with E-state index >= 15 is 0 Å². The van der Waals surface area contributed by atoms with Gasteiger partial charge in [-0.2, -0.15) is 0 Å². The molecule has 0 spiro atoms. The van der Waals surface area contributed by atoms with Gasteiger partial charge in [-0.3, -0.25) is 9.69 Å². The highest BCUT2D eigenvalue weighted by molar-refractivity contribution is 5.95.